The van der Waals surface area contributed by atoms with Crippen molar-refractivity contribution in [2.24, 2.45) is 0 Å². The lowest BCUT2D eigenvalue weighted by atomic mass is 9.68. The number of carbonyl (C=O) groups excluding carboxylic acids is 1. The molecule has 2 aliphatic rings. The summed E-state index contributed by atoms with van der Waals surface area (Å²) in [7, 11) is 1.49. The minimum Gasteiger partial charge on any atom is -0.468 e. The number of carbonyl (C=O) groups is 1. The number of benzene rings is 4. The minimum atomic E-state index is -0.920. The fourth-order valence-corrected chi connectivity index (χ4v) is 7.83. The van der Waals surface area contributed by atoms with Crippen LogP contribution in [0.2, 0.25) is 0 Å². The van der Waals surface area contributed by atoms with Gasteiger partial charge in [-0.2, -0.15) is 0 Å². The minimum absolute atomic E-state index is 0.228. The zero-order chi connectivity index (χ0) is 26.1. The van der Waals surface area contributed by atoms with Crippen LogP contribution in [-0.2, 0) is 20.4 Å². The zero-order valence-electron chi connectivity index (χ0n) is 20.2. The van der Waals surface area contributed by atoms with E-state index in [0.717, 1.165) is 46.6 Å². The first kappa shape index (κ1) is 25.5. The van der Waals surface area contributed by atoms with Crippen LogP contribution in [-0.4, -0.2) is 13.1 Å². The normalized spacial score (nSPS) is 15.5. The Hall–Kier alpha value is -1.73. The first-order valence-electron chi connectivity index (χ1n) is 12.0. The lowest BCUT2D eigenvalue weighted by Gasteiger charge is -2.35. The van der Waals surface area contributed by atoms with Gasteiger partial charge in [0.1, 0.15) is 5.41 Å². The molecule has 37 heavy (non-hydrogen) atoms. The highest BCUT2D eigenvalue weighted by Gasteiger charge is 2.52. The molecular formula is C31H22Br4O2. The first-order valence-corrected chi connectivity index (χ1v) is 15.2. The predicted molar refractivity (Wildman–Crippen MR) is 163 cm³/mol. The molecule has 0 aromatic heterocycles. The van der Waals surface area contributed by atoms with Crippen molar-refractivity contribution in [3.63, 3.8) is 0 Å². The molecule has 6 heteroatoms. The van der Waals surface area contributed by atoms with Gasteiger partial charge in [-0.3, -0.25) is 4.79 Å². The molecule has 0 bridgehead atoms. The summed E-state index contributed by atoms with van der Waals surface area (Å²) in [5.74, 6) is -0.228. The smallest absolute Gasteiger partial charge is 0.320 e. The number of halogens is 4. The maximum Gasteiger partial charge on any atom is 0.320 e. The summed E-state index contributed by atoms with van der Waals surface area (Å²) in [6, 6.07) is 25.5. The van der Waals surface area contributed by atoms with Crippen LogP contribution in [0.4, 0.5) is 0 Å². The Morgan fingerprint density at radius 1 is 0.622 bits per heavy atom. The topological polar surface area (TPSA) is 26.3 Å². The summed E-state index contributed by atoms with van der Waals surface area (Å²) in [6.45, 7) is 2.31. The summed E-state index contributed by atoms with van der Waals surface area (Å²) >= 11 is 14.7. The quantitative estimate of drug-likeness (QED) is 0.195. The lowest BCUT2D eigenvalue weighted by Crippen LogP contribution is -2.38. The number of fused-ring (bicyclic) bond motifs is 6. The molecule has 0 N–H and O–H groups in total. The van der Waals surface area contributed by atoms with Gasteiger partial charge in [0.15, 0.2) is 0 Å². The van der Waals surface area contributed by atoms with E-state index in [-0.39, 0.29) is 11.4 Å². The zero-order valence-corrected chi connectivity index (χ0v) is 26.5. The molecule has 0 unspecified atom stereocenters. The first-order chi connectivity index (χ1) is 17.7. The van der Waals surface area contributed by atoms with Gasteiger partial charge in [-0.25, -0.2) is 0 Å². The van der Waals surface area contributed by atoms with Gasteiger partial charge in [-0.05, 0) is 106 Å². The van der Waals surface area contributed by atoms with Gasteiger partial charge in [-0.15, -0.1) is 0 Å². The van der Waals surface area contributed by atoms with E-state index >= 15 is 0 Å². The van der Waals surface area contributed by atoms with E-state index in [1.54, 1.807) is 0 Å². The Bertz CT molecular complexity index is 1500. The number of methoxy groups -OCH3 is 1. The van der Waals surface area contributed by atoms with Gasteiger partial charge >= 0.3 is 5.97 Å². The number of hydrogen-bond donors (Lipinski definition) is 0. The Balaban J connectivity index is 1.56. The van der Waals surface area contributed by atoms with Gasteiger partial charge in [0, 0.05) is 23.3 Å². The SMILES string of the molecule is COC(=O)C1(CCC2(C)c3cc(Br)ccc3-c3ccc(Br)cc32)c2cc(Br)ccc2-c2ccc(Br)cc21. The maximum absolute atomic E-state index is 13.9. The summed E-state index contributed by atoms with van der Waals surface area (Å²) in [6.07, 6.45) is 1.36. The molecule has 0 amide bonds. The fourth-order valence-electron chi connectivity index (χ4n) is 6.39. The second-order valence-electron chi connectivity index (χ2n) is 9.99. The average molecular weight is 746 g/mol. The molecule has 0 saturated heterocycles. The summed E-state index contributed by atoms with van der Waals surface area (Å²) in [5, 5.41) is 0. The summed E-state index contributed by atoms with van der Waals surface area (Å²) in [4.78, 5) is 13.9. The standard InChI is InChI=1S/C31H22Br4O2/c1-30(25-13-17(32)3-7-21(25)22-8-4-18(33)14-26(22)30)11-12-31(29(36)37-2)27-15-19(34)5-9-23(27)24-10-6-20(35)16-28(24)31/h3-10,13-16H,11-12H2,1-2H3. The molecule has 2 nitrogen and oxygen atoms in total. The van der Waals surface area contributed by atoms with E-state index < -0.39 is 5.41 Å². The van der Waals surface area contributed by atoms with Crippen molar-refractivity contribution in [3.05, 3.63) is 113 Å². The second-order valence-corrected chi connectivity index (χ2v) is 13.7. The van der Waals surface area contributed by atoms with Gasteiger partial charge in [0.2, 0.25) is 0 Å². The molecule has 0 aliphatic heterocycles. The van der Waals surface area contributed by atoms with E-state index in [1.165, 1.54) is 29.4 Å². The van der Waals surface area contributed by atoms with Crippen LogP contribution >= 0.6 is 63.7 Å². The lowest BCUT2D eigenvalue weighted by molar-refractivity contribution is -0.146. The van der Waals surface area contributed by atoms with Gasteiger partial charge in [0.25, 0.3) is 0 Å². The third-order valence-electron chi connectivity index (χ3n) is 8.15. The Morgan fingerprint density at radius 2 is 0.973 bits per heavy atom. The van der Waals surface area contributed by atoms with Crippen LogP contribution in [0.5, 0.6) is 0 Å². The van der Waals surface area contributed by atoms with Crippen molar-refractivity contribution in [1.82, 2.24) is 0 Å². The van der Waals surface area contributed by atoms with Crippen LogP contribution in [0.1, 0.15) is 42.0 Å². The Kier molecular flexibility index (Phi) is 6.34. The molecule has 0 fully saturated rings. The largest absolute Gasteiger partial charge is 0.468 e. The monoisotopic (exact) mass is 742 g/mol. The summed E-state index contributed by atoms with van der Waals surface area (Å²) < 4.78 is 9.57. The molecule has 0 radical (unpaired) electrons. The van der Waals surface area contributed by atoms with Gasteiger partial charge in [-0.1, -0.05) is 94.9 Å². The van der Waals surface area contributed by atoms with Crippen molar-refractivity contribution >= 4 is 69.7 Å². The molecule has 4 aromatic carbocycles. The Morgan fingerprint density at radius 3 is 1.35 bits per heavy atom. The van der Waals surface area contributed by atoms with Crippen molar-refractivity contribution < 1.29 is 9.53 Å². The third-order valence-corrected chi connectivity index (χ3v) is 10.1. The Labute approximate surface area is 250 Å². The van der Waals surface area contributed by atoms with Crippen LogP contribution in [0.3, 0.4) is 0 Å². The van der Waals surface area contributed by atoms with E-state index in [4.69, 9.17) is 4.74 Å². The predicted octanol–water partition coefficient (Wildman–Crippen LogP) is 9.94. The fraction of sp³-hybridized carbons (Fsp3) is 0.194. The molecule has 0 spiro atoms. The number of rotatable bonds is 4. The van der Waals surface area contributed by atoms with E-state index in [0.29, 0.717) is 6.42 Å². The van der Waals surface area contributed by atoms with Gasteiger partial charge < -0.3 is 4.74 Å². The van der Waals surface area contributed by atoms with Crippen molar-refractivity contribution in [2.45, 2.75) is 30.6 Å². The van der Waals surface area contributed by atoms with Crippen molar-refractivity contribution in [3.8, 4) is 22.3 Å². The summed E-state index contributed by atoms with van der Waals surface area (Å²) in [5.41, 5.74) is 7.99. The van der Waals surface area contributed by atoms with Crippen LogP contribution in [0.25, 0.3) is 22.3 Å². The number of hydrogen-bond acceptors (Lipinski definition) is 2. The molecule has 186 valence electrons. The number of esters is 1. The average Bonchev–Trinajstić information content (AvgIpc) is 3.28. The molecular weight excluding hydrogens is 724 g/mol. The van der Waals surface area contributed by atoms with Crippen molar-refractivity contribution in [2.75, 3.05) is 7.11 Å². The highest BCUT2D eigenvalue weighted by atomic mass is 79.9. The maximum atomic E-state index is 13.9. The van der Waals surface area contributed by atoms with E-state index in [1.807, 2.05) is 12.1 Å². The number of ether oxygens (including phenoxy) is 1. The van der Waals surface area contributed by atoms with E-state index in [9.17, 15) is 4.79 Å². The van der Waals surface area contributed by atoms with Crippen LogP contribution < -0.4 is 0 Å². The van der Waals surface area contributed by atoms with Crippen LogP contribution in [0, 0.1) is 0 Å². The molecule has 0 saturated carbocycles. The highest BCUT2D eigenvalue weighted by molar-refractivity contribution is 9.11. The second kappa shape index (κ2) is 9.18. The molecule has 4 aromatic rings. The molecule has 6 rings (SSSR count). The van der Waals surface area contributed by atoms with Gasteiger partial charge in [0.05, 0.1) is 7.11 Å². The van der Waals surface area contributed by atoms with E-state index in [2.05, 4.69) is 131 Å². The molecule has 0 heterocycles. The molecule has 2 aliphatic carbocycles. The highest BCUT2D eigenvalue weighted by Crippen LogP contribution is 2.58. The third kappa shape index (κ3) is 3.77. The van der Waals surface area contributed by atoms with Crippen molar-refractivity contribution in [1.29, 1.82) is 0 Å². The van der Waals surface area contributed by atoms with Crippen LogP contribution in [0.15, 0.2) is 90.7 Å². The molecule has 0 atom stereocenters.